The average molecular weight is 428 g/mol. The Labute approximate surface area is 179 Å². The lowest BCUT2D eigenvalue weighted by atomic mass is 10.1. The number of hydrogen-bond donors (Lipinski definition) is 2. The monoisotopic (exact) mass is 427 g/mol. The molecule has 2 aromatic carbocycles. The van der Waals surface area contributed by atoms with Crippen LogP contribution in [0.4, 0.5) is 11.4 Å². The second-order valence-electron chi connectivity index (χ2n) is 6.78. The Morgan fingerprint density at radius 2 is 2.00 bits per heavy atom. The summed E-state index contributed by atoms with van der Waals surface area (Å²) in [4.78, 5) is 38.0. The summed E-state index contributed by atoms with van der Waals surface area (Å²) in [7, 11) is 0. The molecule has 1 unspecified atom stereocenters. The molecule has 0 radical (unpaired) electrons. The number of carbonyl (C=O) groups excluding carboxylic acids is 3. The summed E-state index contributed by atoms with van der Waals surface area (Å²) >= 11 is 5.89. The number of hydrogen-bond acceptors (Lipinski definition) is 4. The van der Waals surface area contributed by atoms with Crippen LogP contribution in [0.1, 0.15) is 6.42 Å². The Hall–Kier alpha value is -3.32. The van der Waals surface area contributed by atoms with Gasteiger partial charge in [-0.05, 0) is 42.5 Å². The van der Waals surface area contributed by atoms with E-state index in [1.807, 2.05) is 0 Å². The van der Waals surface area contributed by atoms with Crippen molar-refractivity contribution in [2.24, 2.45) is 5.92 Å². The molecule has 8 heteroatoms. The van der Waals surface area contributed by atoms with E-state index in [0.29, 0.717) is 35.2 Å². The van der Waals surface area contributed by atoms with Crippen LogP contribution >= 0.6 is 11.6 Å². The average Bonchev–Trinajstić information content (AvgIpc) is 3.12. The summed E-state index contributed by atoms with van der Waals surface area (Å²) in [6.07, 6.45) is 1.77. The number of ether oxygens (including phenoxy) is 1. The van der Waals surface area contributed by atoms with Crippen molar-refractivity contribution >= 4 is 40.7 Å². The highest BCUT2D eigenvalue weighted by Gasteiger charge is 2.34. The SMILES string of the molecule is C=CCNC(=O)C1CC(=O)N(c2ccc(OCC(=O)Nc3cccc(Cl)c3)cc2)C1. The summed E-state index contributed by atoms with van der Waals surface area (Å²) in [5.41, 5.74) is 1.26. The van der Waals surface area contributed by atoms with Gasteiger partial charge in [-0.25, -0.2) is 0 Å². The number of nitrogens with zero attached hydrogens (tertiary/aromatic N) is 1. The first-order chi connectivity index (χ1) is 14.5. The minimum Gasteiger partial charge on any atom is -0.484 e. The molecule has 0 saturated carbocycles. The molecule has 1 saturated heterocycles. The Morgan fingerprint density at radius 1 is 1.23 bits per heavy atom. The summed E-state index contributed by atoms with van der Waals surface area (Å²) in [6, 6.07) is 13.7. The van der Waals surface area contributed by atoms with Gasteiger partial charge < -0.3 is 20.3 Å². The van der Waals surface area contributed by atoms with E-state index in [1.54, 1.807) is 59.5 Å². The molecule has 3 rings (SSSR count). The van der Waals surface area contributed by atoms with E-state index in [0.717, 1.165) is 0 Å². The van der Waals surface area contributed by atoms with Crippen molar-refractivity contribution < 1.29 is 19.1 Å². The Bertz CT molecular complexity index is 946. The van der Waals surface area contributed by atoms with Crippen LogP contribution in [0.2, 0.25) is 5.02 Å². The fourth-order valence-electron chi connectivity index (χ4n) is 3.08. The molecule has 0 aliphatic carbocycles. The smallest absolute Gasteiger partial charge is 0.262 e. The minimum absolute atomic E-state index is 0.108. The molecular weight excluding hydrogens is 406 g/mol. The van der Waals surface area contributed by atoms with Crippen molar-refractivity contribution in [3.63, 3.8) is 0 Å². The largest absolute Gasteiger partial charge is 0.484 e. The molecule has 3 amide bonds. The third-order valence-electron chi connectivity index (χ3n) is 4.54. The predicted octanol–water partition coefficient (Wildman–Crippen LogP) is 3.01. The first-order valence-corrected chi connectivity index (χ1v) is 9.81. The molecule has 1 heterocycles. The lowest BCUT2D eigenvalue weighted by molar-refractivity contribution is -0.126. The maximum absolute atomic E-state index is 12.3. The molecule has 1 fully saturated rings. The number of anilines is 2. The van der Waals surface area contributed by atoms with Crippen LogP contribution in [0.5, 0.6) is 5.75 Å². The van der Waals surface area contributed by atoms with Crippen LogP contribution in [0.25, 0.3) is 0 Å². The molecule has 1 aliphatic heterocycles. The highest BCUT2D eigenvalue weighted by Crippen LogP contribution is 2.27. The van der Waals surface area contributed by atoms with Crippen LogP contribution in [0, 0.1) is 5.92 Å². The van der Waals surface area contributed by atoms with E-state index in [1.165, 1.54) is 0 Å². The van der Waals surface area contributed by atoms with Crippen LogP contribution in [-0.2, 0) is 14.4 Å². The summed E-state index contributed by atoms with van der Waals surface area (Å²) in [5, 5.41) is 5.95. The topological polar surface area (TPSA) is 87.7 Å². The second kappa shape index (κ2) is 9.93. The summed E-state index contributed by atoms with van der Waals surface area (Å²) < 4.78 is 5.50. The zero-order valence-electron chi connectivity index (χ0n) is 16.3. The number of rotatable bonds is 8. The maximum atomic E-state index is 12.3. The zero-order chi connectivity index (χ0) is 21.5. The number of carbonyl (C=O) groups is 3. The quantitative estimate of drug-likeness (QED) is 0.634. The van der Waals surface area contributed by atoms with Crippen molar-refractivity contribution in [3.05, 3.63) is 66.2 Å². The zero-order valence-corrected chi connectivity index (χ0v) is 17.0. The summed E-state index contributed by atoms with van der Waals surface area (Å²) in [6.45, 7) is 4.09. The lowest BCUT2D eigenvalue weighted by Gasteiger charge is -2.17. The molecule has 0 aromatic heterocycles. The van der Waals surface area contributed by atoms with Gasteiger partial charge in [0.2, 0.25) is 11.8 Å². The van der Waals surface area contributed by atoms with Gasteiger partial charge in [-0.2, -0.15) is 0 Å². The van der Waals surface area contributed by atoms with Crippen LogP contribution in [0.15, 0.2) is 61.2 Å². The van der Waals surface area contributed by atoms with Crippen molar-refractivity contribution in [2.75, 3.05) is 29.9 Å². The first-order valence-electron chi connectivity index (χ1n) is 9.43. The molecule has 2 N–H and O–H groups in total. The molecule has 0 spiro atoms. The molecule has 1 aliphatic rings. The van der Waals surface area contributed by atoms with E-state index in [9.17, 15) is 14.4 Å². The molecule has 156 valence electrons. The molecule has 30 heavy (non-hydrogen) atoms. The van der Waals surface area contributed by atoms with E-state index in [-0.39, 0.29) is 36.7 Å². The number of nitrogens with one attached hydrogen (secondary N) is 2. The van der Waals surface area contributed by atoms with Gasteiger partial charge in [-0.15, -0.1) is 6.58 Å². The predicted molar refractivity (Wildman–Crippen MR) is 116 cm³/mol. The maximum Gasteiger partial charge on any atom is 0.262 e. The van der Waals surface area contributed by atoms with Gasteiger partial charge in [0.15, 0.2) is 6.61 Å². The lowest BCUT2D eigenvalue weighted by Crippen LogP contribution is -2.32. The Balaban J connectivity index is 1.52. The Morgan fingerprint density at radius 3 is 2.70 bits per heavy atom. The van der Waals surface area contributed by atoms with E-state index in [4.69, 9.17) is 16.3 Å². The number of benzene rings is 2. The van der Waals surface area contributed by atoms with Crippen molar-refractivity contribution in [1.82, 2.24) is 5.32 Å². The highest BCUT2D eigenvalue weighted by molar-refractivity contribution is 6.30. The van der Waals surface area contributed by atoms with Crippen LogP contribution in [0.3, 0.4) is 0 Å². The van der Waals surface area contributed by atoms with Crippen molar-refractivity contribution in [3.8, 4) is 5.75 Å². The molecule has 0 bridgehead atoms. The van der Waals surface area contributed by atoms with Gasteiger partial charge in [0.05, 0.1) is 5.92 Å². The van der Waals surface area contributed by atoms with Gasteiger partial charge in [-0.1, -0.05) is 23.7 Å². The van der Waals surface area contributed by atoms with Gasteiger partial charge >= 0.3 is 0 Å². The minimum atomic E-state index is -0.386. The number of amides is 3. The Kier molecular flexibility index (Phi) is 7.08. The van der Waals surface area contributed by atoms with Crippen molar-refractivity contribution in [2.45, 2.75) is 6.42 Å². The van der Waals surface area contributed by atoms with Crippen LogP contribution < -0.4 is 20.3 Å². The number of halogens is 1. The second-order valence-corrected chi connectivity index (χ2v) is 7.22. The third kappa shape index (κ3) is 5.61. The molecule has 1 atom stereocenters. The van der Waals surface area contributed by atoms with E-state index in [2.05, 4.69) is 17.2 Å². The molecular formula is C22H22ClN3O4. The third-order valence-corrected chi connectivity index (χ3v) is 4.78. The van der Waals surface area contributed by atoms with E-state index >= 15 is 0 Å². The van der Waals surface area contributed by atoms with Gasteiger partial charge in [0.1, 0.15) is 5.75 Å². The van der Waals surface area contributed by atoms with E-state index < -0.39 is 0 Å². The van der Waals surface area contributed by atoms with Gasteiger partial charge in [0, 0.05) is 35.9 Å². The fourth-order valence-corrected chi connectivity index (χ4v) is 3.27. The first kappa shape index (κ1) is 21.4. The van der Waals surface area contributed by atoms with Gasteiger partial charge in [-0.3, -0.25) is 14.4 Å². The fraction of sp³-hybridized carbons (Fsp3) is 0.227. The van der Waals surface area contributed by atoms with Crippen LogP contribution in [-0.4, -0.2) is 37.4 Å². The highest BCUT2D eigenvalue weighted by atomic mass is 35.5. The normalized spacial score (nSPS) is 15.6. The standard InChI is InChI=1S/C22H22ClN3O4/c1-2-10-24-22(29)15-11-21(28)26(13-15)18-6-8-19(9-7-18)30-14-20(27)25-17-5-3-4-16(23)12-17/h2-9,12,15H,1,10-11,13-14H2,(H,24,29)(H,25,27). The van der Waals surface area contributed by atoms with Gasteiger partial charge in [0.25, 0.3) is 5.91 Å². The molecule has 7 nitrogen and oxygen atoms in total. The summed E-state index contributed by atoms with van der Waals surface area (Å²) in [5.74, 6) is -0.473. The van der Waals surface area contributed by atoms with Crippen molar-refractivity contribution in [1.29, 1.82) is 0 Å². The molecule has 2 aromatic rings.